The molecule has 1 fully saturated rings. The number of ether oxygens (including phenoxy) is 1. The van der Waals surface area contributed by atoms with Gasteiger partial charge in [-0.1, -0.05) is 0 Å². The van der Waals surface area contributed by atoms with E-state index in [0.717, 1.165) is 0 Å². The molecule has 1 aliphatic heterocycles. The number of carbonyl (C=O) groups is 3. The second kappa shape index (κ2) is 9.95. The van der Waals surface area contributed by atoms with Crippen molar-refractivity contribution < 1.29 is 19.1 Å². The lowest BCUT2D eigenvalue weighted by Gasteiger charge is -2.32. The summed E-state index contributed by atoms with van der Waals surface area (Å²) >= 11 is 0. The molecular weight excluding hydrogens is 420 g/mol. The normalized spacial score (nSPS) is 13.9. The van der Waals surface area contributed by atoms with Gasteiger partial charge in [-0.3, -0.25) is 19.4 Å². The van der Waals surface area contributed by atoms with Crippen molar-refractivity contribution in [1.29, 1.82) is 0 Å². The Kier molecular flexibility index (Phi) is 6.64. The molecule has 0 unspecified atom stereocenters. The van der Waals surface area contributed by atoms with Gasteiger partial charge in [0.2, 0.25) is 5.91 Å². The molecule has 1 saturated heterocycles. The summed E-state index contributed by atoms with van der Waals surface area (Å²) in [6.45, 7) is 1.18. The number of hydrogen-bond acceptors (Lipinski definition) is 5. The average Bonchev–Trinajstić information content (AvgIpc) is 2.85. The van der Waals surface area contributed by atoms with Crippen LogP contribution in [0.3, 0.4) is 0 Å². The van der Waals surface area contributed by atoms with Crippen molar-refractivity contribution in [3.63, 3.8) is 0 Å². The number of nitrogens with zero attached hydrogens (tertiary/aromatic N) is 2. The highest BCUT2D eigenvalue weighted by atomic mass is 16.5. The summed E-state index contributed by atoms with van der Waals surface area (Å²) in [5.41, 5.74) is 6.79. The van der Waals surface area contributed by atoms with E-state index in [1.54, 1.807) is 78.0 Å². The number of aromatic nitrogens is 1. The molecule has 1 aromatic heterocycles. The summed E-state index contributed by atoms with van der Waals surface area (Å²) in [5.74, 6) is 0.461. The first-order chi connectivity index (χ1) is 16.0. The van der Waals surface area contributed by atoms with Crippen LogP contribution in [-0.2, 0) is 0 Å². The van der Waals surface area contributed by atoms with Crippen molar-refractivity contribution in [2.75, 3.05) is 13.1 Å². The van der Waals surface area contributed by atoms with E-state index in [4.69, 9.17) is 10.5 Å². The molecule has 3 amide bonds. The molecule has 1 aliphatic rings. The predicted octanol–water partition coefficient (Wildman–Crippen LogP) is 3.01. The number of nitrogens with one attached hydrogen (secondary N) is 1. The molecule has 2 heterocycles. The molecule has 0 radical (unpaired) electrons. The van der Waals surface area contributed by atoms with Gasteiger partial charge >= 0.3 is 0 Å². The molecule has 0 spiro atoms. The van der Waals surface area contributed by atoms with Crippen molar-refractivity contribution in [3.05, 3.63) is 89.7 Å². The van der Waals surface area contributed by atoms with Gasteiger partial charge in [0, 0.05) is 48.2 Å². The molecule has 0 atom stereocenters. The van der Waals surface area contributed by atoms with Gasteiger partial charge in [-0.15, -0.1) is 0 Å². The number of rotatable bonds is 6. The maximum atomic E-state index is 12.6. The third-order valence-electron chi connectivity index (χ3n) is 5.54. The van der Waals surface area contributed by atoms with Gasteiger partial charge in [0.15, 0.2) is 0 Å². The Labute approximate surface area is 191 Å². The van der Waals surface area contributed by atoms with E-state index < -0.39 is 5.91 Å². The molecule has 2 aromatic carbocycles. The summed E-state index contributed by atoms with van der Waals surface area (Å²) in [7, 11) is 0. The van der Waals surface area contributed by atoms with Crippen LogP contribution in [0.2, 0.25) is 0 Å². The standard InChI is InChI=1S/C25H24N4O4/c26-23(30)17-1-5-21(6-2-17)33-22-7-3-18(4-8-22)24(31)28-20-11-15-29(16-12-20)25(32)19-9-13-27-14-10-19/h1-10,13-14,20H,11-12,15-16H2,(H2,26,30)(H,28,31). The van der Waals surface area contributed by atoms with Gasteiger partial charge in [0.05, 0.1) is 0 Å². The summed E-state index contributed by atoms with van der Waals surface area (Å²) in [5, 5.41) is 3.05. The van der Waals surface area contributed by atoms with Crippen LogP contribution >= 0.6 is 0 Å². The van der Waals surface area contributed by atoms with E-state index in [0.29, 0.717) is 54.1 Å². The van der Waals surface area contributed by atoms with Crippen LogP contribution < -0.4 is 15.8 Å². The van der Waals surface area contributed by atoms with Gasteiger partial charge in [-0.2, -0.15) is 0 Å². The van der Waals surface area contributed by atoms with E-state index in [9.17, 15) is 14.4 Å². The second-order valence-corrected chi connectivity index (χ2v) is 7.79. The highest BCUT2D eigenvalue weighted by Crippen LogP contribution is 2.22. The number of nitrogens with two attached hydrogens (primary N) is 1. The number of likely N-dealkylation sites (tertiary alicyclic amines) is 1. The lowest BCUT2D eigenvalue weighted by Crippen LogP contribution is -2.46. The summed E-state index contributed by atoms with van der Waals surface area (Å²) in [6, 6.07) is 16.8. The topological polar surface area (TPSA) is 115 Å². The highest BCUT2D eigenvalue weighted by molar-refractivity contribution is 5.95. The van der Waals surface area contributed by atoms with E-state index >= 15 is 0 Å². The molecule has 0 aliphatic carbocycles. The molecule has 168 valence electrons. The second-order valence-electron chi connectivity index (χ2n) is 7.79. The average molecular weight is 444 g/mol. The maximum absolute atomic E-state index is 12.6. The smallest absolute Gasteiger partial charge is 0.253 e. The fourth-order valence-corrected chi connectivity index (χ4v) is 3.67. The SMILES string of the molecule is NC(=O)c1ccc(Oc2ccc(C(=O)NC3CCN(C(=O)c4ccncc4)CC3)cc2)cc1. The van der Waals surface area contributed by atoms with E-state index in [-0.39, 0.29) is 17.9 Å². The van der Waals surface area contributed by atoms with Crippen molar-refractivity contribution in [1.82, 2.24) is 15.2 Å². The van der Waals surface area contributed by atoms with Crippen LogP contribution in [0, 0.1) is 0 Å². The Morgan fingerprint density at radius 3 is 1.91 bits per heavy atom. The fourth-order valence-electron chi connectivity index (χ4n) is 3.67. The molecule has 3 N–H and O–H groups in total. The van der Waals surface area contributed by atoms with Crippen molar-refractivity contribution in [2.24, 2.45) is 5.73 Å². The van der Waals surface area contributed by atoms with Crippen molar-refractivity contribution >= 4 is 17.7 Å². The first-order valence-corrected chi connectivity index (χ1v) is 10.7. The molecule has 3 aromatic rings. The Hall–Kier alpha value is -4.20. The highest BCUT2D eigenvalue weighted by Gasteiger charge is 2.24. The minimum absolute atomic E-state index is 0.0120. The molecule has 33 heavy (non-hydrogen) atoms. The number of benzene rings is 2. The van der Waals surface area contributed by atoms with E-state index in [2.05, 4.69) is 10.3 Å². The van der Waals surface area contributed by atoms with Gasteiger partial charge in [0.1, 0.15) is 11.5 Å². The number of carbonyl (C=O) groups excluding carboxylic acids is 3. The fraction of sp³-hybridized carbons (Fsp3) is 0.200. The van der Waals surface area contributed by atoms with E-state index in [1.807, 2.05) is 0 Å². The lowest BCUT2D eigenvalue weighted by atomic mass is 10.0. The Balaban J connectivity index is 1.27. The first kappa shape index (κ1) is 22.0. The van der Waals surface area contributed by atoms with E-state index in [1.165, 1.54) is 0 Å². The molecule has 8 nitrogen and oxygen atoms in total. The van der Waals surface area contributed by atoms with Crippen LogP contribution in [-0.4, -0.2) is 46.7 Å². The van der Waals surface area contributed by atoms with Gasteiger partial charge in [-0.25, -0.2) is 0 Å². The third-order valence-corrected chi connectivity index (χ3v) is 5.54. The zero-order valence-corrected chi connectivity index (χ0v) is 17.9. The van der Waals surface area contributed by atoms with Gasteiger partial charge < -0.3 is 20.7 Å². The largest absolute Gasteiger partial charge is 0.457 e. The van der Waals surface area contributed by atoms with Crippen LogP contribution in [0.4, 0.5) is 0 Å². The Morgan fingerprint density at radius 1 is 0.818 bits per heavy atom. The molecule has 0 saturated carbocycles. The summed E-state index contributed by atoms with van der Waals surface area (Å²) in [6.07, 6.45) is 4.61. The zero-order chi connectivity index (χ0) is 23.2. The minimum Gasteiger partial charge on any atom is -0.457 e. The van der Waals surface area contributed by atoms with Gasteiger partial charge in [0.25, 0.3) is 11.8 Å². The molecule has 0 bridgehead atoms. The van der Waals surface area contributed by atoms with Crippen LogP contribution in [0.5, 0.6) is 11.5 Å². The van der Waals surface area contributed by atoms with Crippen molar-refractivity contribution in [2.45, 2.75) is 18.9 Å². The van der Waals surface area contributed by atoms with Crippen LogP contribution in [0.15, 0.2) is 73.1 Å². The summed E-state index contributed by atoms with van der Waals surface area (Å²) < 4.78 is 5.74. The monoisotopic (exact) mass is 444 g/mol. The molecule has 8 heteroatoms. The quantitative estimate of drug-likeness (QED) is 0.607. The molecule has 4 rings (SSSR count). The van der Waals surface area contributed by atoms with Crippen LogP contribution in [0.25, 0.3) is 0 Å². The summed E-state index contributed by atoms with van der Waals surface area (Å²) in [4.78, 5) is 42.1. The molecular formula is C25H24N4O4. The first-order valence-electron chi connectivity index (χ1n) is 10.7. The third kappa shape index (κ3) is 5.54. The predicted molar refractivity (Wildman–Crippen MR) is 122 cm³/mol. The van der Waals surface area contributed by atoms with Gasteiger partial charge in [-0.05, 0) is 73.5 Å². The Bertz CT molecular complexity index is 1120. The lowest BCUT2D eigenvalue weighted by molar-refractivity contribution is 0.0697. The number of hydrogen-bond donors (Lipinski definition) is 2. The zero-order valence-electron chi connectivity index (χ0n) is 17.9. The van der Waals surface area contributed by atoms with Crippen LogP contribution in [0.1, 0.15) is 43.9 Å². The van der Waals surface area contributed by atoms with Crippen molar-refractivity contribution in [3.8, 4) is 11.5 Å². The number of primary amides is 1. The maximum Gasteiger partial charge on any atom is 0.253 e. The minimum atomic E-state index is -0.497. The Morgan fingerprint density at radius 2 is 1.36 bits per heavy atom. The number of pyridine rings is 1. The number of piperidine rings is 1. The number of amides is 3.